The summed E-state index contributed by atoms with van der Waals surface area (Å²) >= 11 is 1.66. The number of benzene rings is 1. The highest BCUT2D eigenvalue weighted by molar-refractivity contribution is 7.09. The number of thiazole rings is 1. The molecule has 0 amide bonds. The molecule has 1 unspecified atom stereocenters. The average molecular weight is 262 g/mol. The normalized spacial score (nSPS) is 12.7. The van der Waals surface area contributed by atoms with E-state index in [1.54, 1.807) is 11.3 Å². The lowest BCUT2D eigenvalue weighted by Crippen LogP contribution is -2.17. The van der Waals surface area contributed by atoms with Gasteiger partial charge in [-0.1, -0.05) is 12.1 Å². The summed E-state index contributed by atoms with van der Waals surface area (Å²) in [4.78, 5) is 4.36. The highest BCUT2D eigenvalue weighted by atomic mass is 32.1. The average Bonchev–Trinajstić information content (AvgIpc) is 2.85. The standard InChI is InChI=1S/C14H18N2OS/c1-10(2)17-12-6-4-11(5-7-12)13(15-3)14-16-8-9-18-14/h4-10,13,15H,1-3H3. The predicted molar refractivity (Wildman–Crippen MR) is 75.2 cm³/mol. The van der Waals surface area contributed by atoms with Crippen LogP contribution in [0.5, 0.6) is 5.75 Å². The van der Waals surface area contributed by atoms with Crippen LogP contribution in [-0.2, 0) is 0 Å². The second-order valence-corrected chi connectivity index (χ2v) is 5.25. The molecular weight excluding hydrogens is 244 g/mol. The molecule has 0 aliphatic rings. The lowest BCUT2D eigenvalue weighted by molar-refractivity contribution is 0.242. The van der Waals surface area contributed by atoms with Crippen molar-refractivity contribution in [1.29, 1.82) is 0 Å². The zero-order chi connectivity index (χ0) is 13.0. The second kappa shape index (κ2) is 5.98. The van der Waals surface area contributed by atoms with Crippen LogP contribution in [0.4, 0.5) is 0 Å². The summed E-state index contributed by atoms with van der Waals surface area (Å²) < 4.78 is 5.64. The summed E-state index contributed by atoms with van der Waals surface area (Å²) in [5.41, 5.74) is 1.20. The third kappa shape index (κ3) is 3.09. The number of ether oxygens (including phenoxy) is 1. The monoisotopic (exact) mass is 262 g/mol. The van der Waals surface area contributed by atoms with Gasteiger partial charge in [0.25, 0.3) is 0 Å². The van der Waals surface area contributed by atoms with E-state index in [4.69, 9.17) is 4.74 Å². The molecular formula is C14H18N2OS. The number of rotatable bonds is 5. The van der Waals surface area contributed by atoms with Crippen molar-refractivity contribution in [3.63, 3.8) is 0 Å². The molecule has 2 aromatic rings. The minimum atomic E-state index is 0.151. The molecule has 18 heavy (non-hydrogen) atoms. The van der Waals surface area contributed by atoms with Crippen molar-refractivity contribution in [2.75, 3.05) is 7.05 Å². The molecule has 0 radical (unpaired) electrons. The van der Waals surface area contributed by atoms with Crippen molar-refractivity contribution in [2.45, 2.75) is 26.0 Å². The fraction of sp³-hybridized carbons (Fsp3) is 0.357. The van der Waals surface area contributed by atoms with Crippen molar-refractivity contribution in [3.8, 4) is 5.75 Å². The van der Waals surface area contributed by atoms with Crippen LogP contribution in [0.1, 0.15) is 30.5 Å². The van der Waals surface area contributed by atoms with E-state index in [-0.39, 0.29) is 12.1 Å². The first-order chi connectivity index (χ1) is 8.70. The zero-order valence-corrected chi connectivity index (χ0v) is 11.7. The maximum atomic E-state index is 5.64. The van der Waals surface area contributed by atoms with Crippen molar-refractivity contribution in [3.05, 3.63) is 46.4 Å². The van der Waals surface area contributed by atoms with Crippen molar-refractivity contribution in [2.24, 2.45) is 0 Å². The first-order valence-electron chi connectivity index (χ1n) is 6.04. The molecule has 2 rings (SSSR count). The number of hydrogen-bond acceptors (Lipinski definition) is 4. The zero-order valence-electron chi connectivity index (χ0n) is 10.9. The molecule has 4 heteroatoms. The molecule has 0 spiro atoms. The Balaban J connectivity index is 2.17. The van der Waals surface area contributed by atoms with Gasteiger partial charge < -0.3 is 10.1 Å². The van der Waals surface area contributed by atoms with Crippen LogP contribution in [0.3, 0.4) is 0 Å². The molecule has 0 aliphatic carbocycles. The molecule has 96 valence electrons. The fourth-order valence-corrected chi connectivity index (χ4v) is 2.59. The fourth-order valence-electron chi connectivity index (χ4n) is 1.82. The molecule has 0 saturated heterocycles. The Morgan fingerprint density at radius 1 is 1.22 bits per heavy atom. The summed E-state index contributed by atoms with van der Waals surface area (Å²) in [5.74, 6) is 0.905. The Labute approximate surface area is 112 Å². The lowest BCUT2D eigenvalue weighted by atomic mass is 10.1. The van der Waals surface area contributed by atoms with Crippen molar-refractivity contribution in [1.82, 2.24) is 10.3 Å². The van der Waals surface area contributed by atoms with E-state index in [1.165, 1.54) is 5.56 Å². The SMILES string of the molecule is CNC(c1ccc(OC(C)C)cc1)c1nccs1. The van der Waals surface area contributed by atoms with E-state index in [0.29, 0.717) is 0 Å². The summed E-state index contributed by atoms with van der Waals surface area (Å²) in [6.45, 7) is 4.06. The summed E-state index contributed by atoms with van der Waals surface area (Å²) in [6.07, 6.45) is 2.04. The van der Waals surface area contributed by atoms with Gasteiger partial charge in [-0.15, -0.1) is 11.3 Å². The van der Waals surface area contributed by atoms with Gasteiger partial charge in [-0.25, -0.2) is 4.98 Å². The van der Waals surface area contributed by atoms with Gasteiger partial charge in [0, 0.05) is 11.6 Å². The number of nitrogens with one attached hydrogen (secondary N) is 1. The summed E-state index contributed by atoms with van der Waals surface area (Å²) in [5, 5.41) is 6.36. The van der Waals surface area contributed by atoms with Crippen LogP contribution >= 0.6 is 11.3 Å². The van der Waals surface area contributed by atoms with E-state index in [2.05, 4.69) is 22.4 Å². The maximum absolute atomic E-state index is 5.64. The number of nitrogens with zero attached hydrogens (tertiary/aromatic N) is 1. The highest BCUT2D eigenvalue weighted by Gasteiger charge is 2.14. The van der Waals surface area contributed by atoms with E-state index in [0.717, 1.165) is 10.8 Å². The molecule has 0 fully saturated rings. The third-order valence-electron chi connectivity index (χ3n) is 2.57. The topological polar surface area (TPSA) is 34.1 Å². The molecule has 0 bridgehead atoms. The Hall–Kier alpha value is -1.39. The van der Waals surface area contributed by atoms with Gasteiger partial charge in [0.15, 0.2) is 0 Å². The molecule has 1 heterocycles. The quantitative estimate of drug-likeness (QED) is 0.898. The lowest BCUT2D eigenvalue weighted by Gasteiger charge is -2.15. The number of hydrogen-bond donors (Lipinski definition) is 1. The predicted octanol–water partition coefficient (Wildman–Crippen LogP) is 3.24. The van der Waals surface area contributed by atoms with Gasteiger partial charge in [0.1, 0.15) is 10.8 Å². The second-order valence-electron chi connectivity index (χ2n) is 4.33. The molecule has 1 atom stereocenters. The van der Waals surface area contributed by atoms with Crippen LogP contribution in [0.2, 0.25) is 0 Å². The maximum Gasteiger partial charge on any atom is 0.119 e. The minimum absolute atomic E-state index is 0.151. The van der Waals surface area contributed by atoms with Crippen LogP contribution in [0.15, 0.2) is 35.8 Å². The smallest absolute Gasteiger partial charge is 0.119 e. The first-order valence-corrected chi connectivity index (χ1v) is 6.92. The van der Waals surface area contributed by atoms with E-state index < -0.39 is 0 Å². The molecule has 1 aromatic heterocycles. The molecule has 0 aliphatic heterocycles. The largest absolute Gasteiger partial charge is 0.491 e. The number of aromatic nitrogens is 1. The van der Waals surface area contributed by atoms with Crippen molar-refractivity contribution < 1.29 is 4.74 Å². The van der Waals surface area contributed by atoms with E-state index in [9.17, 15) is 0 Å². The van der Waals surface area contributed by atoms with Gasteiger partial charge in [0.2, 0.25) is 0 Å². The third-order valence-corrected chi connectivity index (χ3v) is 3.41. The summed E-state index contributed by atoms with van der Waals surface area (Å²) in [6, 6.07) is 8.33. The van der Waals surface area contributed by atoms with E-state index in [1.807, 2.05) is 44.6 Å². The van der Waals surface area contributed by atoms with Crippen LogP contribution in [0.25, 0.3) is 0 Å². The van der Waals surface area contributed by atoms with E-state index >= 15 is 0 Å². The van der Waals surface area contributed by atoms with Gasteiger partial charge in [-0.05, 0) is 38.6 Å². The van der Waals surface area contributed by atoms with Crippen LogP contribution < -0.4 is 10.1 Å². The van der Waals surface area contributed by atoms with Crippen LogP contribution in [-0.4, -0.2) is 18.1 Å². The first kappa shape index (κ1) is 13.1. The summed E-state index contributed by atoms with van der Waals surface area (Å²) in [7, 11) is 1.95. The molecule has 3 nitrogen and oxygen atoms in total. The Kier molecular flexibility index (Phi) is 4.33. The van der Waals surface area contributed by atoms with Gasteiger partial charge in [-0.2, -0.15) is 0 Å². The van der Waals surface area contributed by atoms with Crippen LogP contribution in [0, 0.1) is 0 Å². The molecule has 1 N–H and O–H groups in total. The Morgan fingerprint density at radius 2 is 1.94 bits per heavy atom. The Bertz CT molecular complexity index is 465. The minimum Gasteiger partial charge on any atom is -0.491 e. The Morgan fingerprint density at radius 3 is 2.44 bits per heavy atom. The van der Waals surface area contributed by atoms with Gasteiger partial charge >= 0.3 is 0 Å². The molecule has 0 saturated carbocycles. The van der Waals surface area contributed by atoms with Gasteiger partial charge in [-0.3, -0.25) is 0 Å². The van der Waals surface area contributed by atoms with Gasteiger partial charge in [0.05, 0.1) is 12.1 Å². The van der Waals surface area contributed by atoms with Crippen molar-refractivity contribution >= 4 is 11.3 Å². The highest BCUT2D eigenvalue weighted by Crippen LogP contribution is 2.25. The molecule has 1 aromatic carbocycles.